The van der Waals surface area contributed by atoms with Crippen LogP contribution in [0.2, 0.25) is 0 Å². The summed E-state index contributed by atoms with van der Waals surface area (Å²) in [5, 5.41) is 6.96. The second kappa shape index (κ2) is 11.4. The van der Waals surface area contributed by atoms with Crippen molar-refractivity contribution in [2.45, 2.75) is 45.1 Å². The number of rotatable bonds is 6. The van der Waals surface area contributed by atoms with E-state index in [1.54, 1.807) is 14.2 Å². The molecule has 1 aliphatic rings. The van der Waals surface area contributed by atoms with Crippen molar-refractivity contribution in [3.8, 4) is 11.5 Å². The van der Waals surface area contributed by atoms with Crippen LogP contribution in [-0.4, -0.2) is 39.8 Å². The number of benzene rings is 1. The first-order valence-corrected chi connectivity index (χ1v) is 8.84. The molecular weight excluding hydrogens is 429 g/mol. The van der Waals surface area contributed by atoms with E-state index in [2.05, 4.69) is 28.6 Å². The maximum atomic E-state index is 5.35. The Morgan fingerprint density at radius 3 is 2.40 bits per heavy atom. The fraction of sp³-hybridized carbons (Fsp3) is 0.632. The van der Waals surface area contributed by atoms with Crippen molar-refractivity contribution in [3.63, 3.8) is 0 Å². The Morgan fingerprint density at radius 1 is 1.12 bits per heavy atom. The molecule has 0 amide bonds. The molecule has 0 bridgehead atoms. The lowest BCUT2D eigenvalue weighted by molar-refractivity contribution is 0.329. The van der Waals surface area contributed by atoms with E-state index in [-0.39, 0.29) is 24.0 Å². The summed E-state index contributed by atoms with van der Waals surface area (Å²) in [5.74, 6) is 3.30. The van der Waals surface area contributed by atoms with Gasteiger partial charge in [0.1, 0.15) is 0 Å². The number of hydrogen-bond acceptors (Lipinski definition) is 3. The number of ether oxygens (including phenoxy) is 2. The number of methoxy groups -OCH3 is 2. The van der Waals surface area contributed by atoms with E-state index in [0.29, 0.717) is 6.04 Å². The summed E-state index contributed by atoms with van der Waals surface area (Å²) in [6.45, 7) is 3.17. The van der Waals surface area contributed by atoms with Gasteiger partial charge in [-0.15, -0.1) is 24.0 Å². The molecule has 0 unspecified atom stereocenters. The predicted octanol–water partition coefficient (Wildman–Crippen LogP) is 3.61. The summed E-state index contributed by atoms with van der Waals surface area (Å²) in [4.78, 5) is 4.34. The van der Waals surface area contributed by atoms with Crippen LogP contribution in [0.5, 0.6) is 11.5 Å². The number of nitrogens with zero attached hydrogens (tertiary/aromatic N) is 1. The molecule has 0 radical (unpaired) electrons. The maximum Gasteiger partial charge on any atom is 0.191 e. The first-order valence-electron chi connectivity index (χ1n) is 8.84. The van der Waals surface area contributed by atoms with Crippen LogP contribution in [0.4, 0.5) is 0 Å². The van der Waals surface area contributed by atoms with Gasteiger partial charge in [-0.2, -0.15) is 0 Å². The number of nitrogens with one attached hydrogen (secondary N) is 2. The Balaban J connectivity index is 0.00000312. The van der Waals surface area contributed by atoms with E-state index >= 15 is 0 Å². The molecule has 2 N–H and O–H groups in total. The zero-order chi connectivity index (χ0) is 17.4. The average Bonchev–Trinajstić information content (AvgIpc) is 2.62. The van der Waals surface area contributed by atoms with Gasteiger partial charge in [-0.05, 0) is 55.7 Å². The Kier molecular flexibility index (Phi) is 10.0. The SMILES string of the molecule is CN=C(NCCc1ccc(OC)c(OC)c1)NC1CCC(C)CC1.I. The third-order valence-corrected chi connectivity index (χ3v) is 4.73. The summed E-state index contributed by atoms with van der Waals surface area (Å²) in [6.07, 6.45) is 5.98. The molecule has 5 nitrogen and oxygen atoms in total. The summed E-state index contributed by atoms with van der Waals surface area (Å²) < 4.78 is 10.6. The van der Waals surface area contributed by atoms with Crippen molar-refractivity contribution < 1.29 is 9.47 Å². The molecule has 0 spiro atoms. The van der Waals surface area contributed by atoms with Gasteiger partial charge in [0.2, 0.25) is 0 Å². The summed E-state index contributed by atoms with van der Waals surface area (Å²) in [7, 11) is 5.15. The molecule has 1 saturated carbocycles. The third kappa shape index (κ3) is 6.92. The predicted molar refractivity (Wildman–Crippen MR) is 115 cm³/mol. The molecule has 0 saturated heterocycles. The number of hydrogen-bond donors (Lipinski definition) is 2. The molecule has 2 rings (SSSR count). The van der Waals surface area contributed by atoms with Gasteiger partial charge < -0.3 is 20.1 Å². The lowest BCUT2D eigenvalue weighted by Gasteiger charge is -2.28. The molecule has 0 heterocycles. The molecule has 1 aromatic rings. The van der Waals surface area contributed by atoms with Gasteiger partial charge in [0.15, 0.2) is 17.5 Å². The van der Waals surface area contributed by atoms with Crippen molar-refractivity contribution >= 4 is 29.9 Å². The van der Waals surface area contributed by atoms with Gasteiger partial charge in [-0.25, -0.2) is 0 Å². The van der Waals surface area contributed by atoms with Crippen LogP contribution >= 0.6 is 24.0 Å². The number of guanidine groups is 1. The number of aliphatic imine (C=N–C) groups is 1. The van der Waals surface area contributed by atoms with E-state index in [1.165, 1.54) is 31.2 Å². The van der Waals surface area contributed by atoms with E-state index in [0.717, 1.165) is 36.3 Å². The molecule has 25 heavy (non-hydrogen) atoms. The third-order valence-electron chi connectivity index (χ3n) is 4.73. The highest BCUT2D eigenvalue weighted by atomic mass is 127. The standard InChI is InChI=1S/C19H31N3O2.HI/c1-14-5-8-16(9-6-14)22-19(20-2)21-12-11-15-7-10-17(23-3)18(13-15)24-4;/h7,10,13-14,16H,5-6,8-9,11-12H2,1-4H3,(H2,20,21,22);1H. The monoisotopic (exact) mass is 461 g/mol. The summed E-state index contributed by atoms with van der Waals surface area (Å²) >= 11 is 0. The second-order valence-corrected chi connectivity index (χ2v) is 6.54. The minimum absolute atomic E-state index is 0. The van der Waals surface area contributed by atoms with Gasteiger partial charge in [0.25, 0.3) is 0 Å². The highest BCUT2D eigenvalue weighted by Gasteiger charge is 2.18. The summed E-state index contributed by atoms with van der Waals surface area (Å²) in [6, 6.07) is 6.60. The lowest BCUT2D eigenvalue weighted by atomic mass is 9.87. The molecular formula is C19H32IN3O2. The minimum Gasteiger partial charge on any atom is -0.493 e. The summed E-state index contributed by atoms with van der Waals surface area (Å²) in [5.41, 5.74) is 1.21. The Bertz CT molecular complexity index is 543. The molecule has 1 fully saturated rings. The fourth-order valence-corrected chi connectivity index (χ4v) is 3.15. The molecule has 0 aliphatic heterocycles. The zero-order valence-electron chi connectivity index (χ0n) is 15.8. The normalized spacial score (nSPS) is 20.4. The number of halogens is 1. The molecule has 0 aromatic heterocycles. The highest BCUT2D eigenvalue weighted by molar-refractivity contribution is 14.0. The molecule has 0 atom stereocenters. The van der Waals surface area contributed by atoms with Crippen molar-refractivity contribution in [3.05, 3.63) is 23.8 Å². The van der Waals surface area contributed by atoms with Crippen LogP contribution < -0.4 is 20.1 Å². The van der Waals surface area contributed by atoms with Crippen LogP contribution in [0.25, 0.3) is 0 Å². The van der Waals surface area contributed by atoms with Crippen molar-refractivity contribution in [2.75, 3.05) is 27.8 Å². The maximum absolute atomic E-state index is 5.35. The van der Waals surface area contributed by atoms with Crippen LogP contribution in [-0.2, 0) is 6.42 Å². The first kappa shape index (κ1) is 21.9. The largest absolute Gasteiger partial charge is 0.493 e. The van der Waals surface area contributed by atoms with Crippen LogP contribution in [0.3, 0.4) is 0 Å². The van der Waals surface area contributed by atoms with Crippen LogP contribution in [0.15, 0.2) is 23.2 Å². The van der Waals surface area contributed by atoms with E-state index in [4.69, 9.17) is 9.47 Å². The lowest BCUT2D eigenvalue weighted by Crippen LogP contribution is -2.45. The first-order chi connectivity index (χ1) is 11.7. The minimum atomic E-state index is 0. The van der Waals surface area contributed by atoms with Gasteiger partial charge in [0, 0.05) is 19.6 Å². The van der Waals surface area contributed by atoms with E-state index in [9.17, 15) is 0 Å². The molecule has 142 valence electrons. The van der Waals surface area contributed by atoms with Crippen LogP contribution in [0, 0.1) is 5.92 Å². The van der Waals surface area contributed by atoms with Crippen LogP contribution in [0.1, 0.15) is 38.2 Å². The van der Waals surface area contributed by atoms with Gasteiger partial charge in [0.05, 0.1) is 14.2 Å². The van der Waals surface area contributed by atoms with Crippen molar-refractivity contribution in [1.29, 1.82) is 0 Å². The van der Waals surface area contributed by atoms with Gasteiger partial charge in [-0.1, -0.05) is 13.0 Å². The zero-order valence-corrected chi connectivity index (χ0v) is 18.1. The highest BCUT2D eigenvalue weighted by Crippen LogP contribution is 2.27. The quantitative estimate of drug-likeness (QED) is 0.386. The Morgan fingerprint density at radius 2 is 1.80 bits per heavy atom. The van der Waals surface area contributed by atoms with E-state index < -0.39 is 0 Å². The van der Waals surface area contributed by atoms with Gasteiger partial charge >= 0.3 is 0 Å². The average molecular weight is 461 g/mol. The molecule has 6 heteroatoms. The van der Waals surface area contributed by atoms with E-state index in [1.807, 2.05) is 19.2 Å². The Labute approximate surface area is 169 Å². The second-order valence-electron chi connectivity index (χ2n) is 6.54. The molecule has 1 aliphatic carbocycles. The molecule has 1 aromatic carbocycles. The topological polar surface area (TPSA) is 54.9 Å². The fourth-order valence-electron chi connectivity index (χ4n) is 3.15. The Hall–Kier alpha value is -1.18. The van der Waals surface area contributed by atoms with Crippen molar-refractivity contribution in [1.82, 2.24) is 10.6 Å². The smallest absolute Gasteiger partial charge is 0.191 e. The van der Waals surface area contributed by atoms with Crippen molar-refractivity contribution in [2.24, 2.45) is 10.9 Å². The van der Waals surface area contributed by atoms with Gasteiger partial charge in [-0.3, -0.25) is 4.99 Å².